The highest BCUT2D eigenvalue weighted by Gasteiger charge is 2.22. The van der Waals surface area contributed by atoms with Crippen LogP contribution in [0.4, 0.5) is 0 Å². The molecule has 0 saturated carbocycles. The molecule has 0 amide bonds. The van der Waals surface area contributed by atoms with E-state index < -0.39 is 23.5 Å². The molecule has 0 fully saturated rings. The first-order chi connectivity index (χ1) is 9.74. The minimum absolute atomic E-state index is 0.246. The molecule has 0 aliphatic heterocycles. The molecular weight excluding hydrogens is 272 g/mol. The number of rotatable bonds is 6. The SMILES string of the molecule is CCC(C(=O)O)c1ccccc1OCC(=O)OC(C)(C)C. The van der Waals surface area contributed by atoms with Crippen molar-refractivity contribution >= 4 is 11.9 Å². The smallest absolute Gasteiger partial charge is 0.344 e. The standard InChI is InChI=1S/C16H22O5/c1-5-11(15(18)19)12-8-6-7-9-13(12)20-10-14(17)21-16(2,3)4/h6-9,11H,5,10H2,1-4H3,(H,18,19). The third-order valence-electron chi connectivity index (χ3n) is 2.77. The first kappa shape index (κ1) is 17.0. The Morgan fingerprint density at radius 1 is 1.24 bits per heavy atom. The molecule has 0 aromatic heterocycles. The number of benzene rings is 1. The van der Waals surface area contributed by atoms with Crippen molar-refractivity contribution < 1.29 is 24.2 Å². The van der Waals surface area contributed by atoms with Crippen molar-refractivity contribution in [1.29, 1.82) is 0 Å². The molecule has 1 aromatic carbocycles. The van der Waals surface area contributed by atoms with Crippen molar-refractivity contribution in [2.45, 2.75) is 45.6 Å². The molecule has 1 aromatic rings. The molecule has 21 heavy (non-hydrogen) atoms. The summed E-state index contributed by atoms with van der Waals surface area (Å²) in [7, 11) is 0. The fraction of sp³-hybridized carbons (Fsp3) is 0.500. The molecule has 1 N–H and O–H groups in total. The first-order valence-electron chi connectivity index (χ1n) is 6.91. The summed E-state index contributed by atoms with van der Waals surface area (Å²) in [5.74, 6) is -1.65. The Labute approximate surface area is 124 Å². The molecule has 5 heteroatoms. The number of ether oxygens (including phenoxy) is 2. The van der Waals surface area contributed by atoms with Gasteiger partial charge in [0, 0.05) is 5.56 Å². The number of carboxylic acids is 1. The predicted molar refractivity (Wildman–Crippen MR) is 78.4 cm³/mol. The number of carbonyl (C=O) groups excluding carboxylic acids is 1. The monoisotopic (exact) mass is 294 g/mol. The van der Waals surface area contributed by atoms with Crippen LogP contribution in [0.15, 0.2) is 24.3 Å². The number of carbonyl (C=O) groups is 2. The highest BCUT2D eigenvalue weighted by molar-refractivity contribution is 5.77. The van der Waals surface area contributed by atoms with Crippen molar-refractivity contribution in [3.05, 3.63) is 29.8 Å². The van der Waals surface area contributed by atoms with E-state index in [-0.39, 0.29) is 6.61 Å². The Hall–Kier alpha value is -2.04. The highest BCUT2D eigenvalue weighted by Crippen LogP contribution is 2.29. The molecule has 0 radical (unpaired) electrons. The Kier molecular flexibility index (Phi) is 5.76. The van der Waals surface area contributed by atoms with Crippen LogP contribution in [0, 0.1) is 0 Å². The second-order valence-electron chi connectivity index (χ2n) is 5.71. The Morgan fingerprint density at radius 3 is 2.38 bits per heavy atom. The van der Waals surface area contributed by atoms with Crippen molar-refractivity contribution in [2.75, 3.05) is 6.61 Å². The van der Waals surface area contributed by atoms with Crippen molar-refractivity contribution in [2.24, 2.45) is 0 Å². The summed E-state index contributed by atoms with van der Waals surface area (Å²) in [6.45, 7) is 6.87. The normalized spacial score (nSPS) is 12.6. The number of esters is 1. The summed E-state index contributed by atoms with van der Waals surface area (Å²) in [6, 6.07) is 6.85. The van der Waals surface area contributed by atoms with E-state index in [1.54, 1.807) is 52.0 Å². The van der Waals surface area contributed by atoms with Gasteiger partial charge in [0.05, 0.1) is 5.92 Å². The number of aliphatic carboxylic acids is 1. The predicted octanol–water partition coefficient (Wildman–Crippen LogP) is 2.99. The van der Waals surface area contributed by atoms with Crippen LogP contribution in [0.1, 0.15) is 45.6 Å². The van der Waals surface area contributed by atoms with E-state index in [4.69, 9.17) is 9.47 Å². The minimum atomic E-state index is -0.911. The van der Waals surface area contributed by atoms with Gasteiger partial charge in [0.1, 0.15) is 11.4 Å². The van der Waals surface area contributed by atoms with Gasteiger partial charge in [0.15, 0.2) is 6.61 Å². The van der Waals surface area contributed by atoms with E-state index in [0.29, 0.717) is 17.7 Å². The fourth-order valence-corrected chi connectivity index (χ4v) is 1.94. The fourth-order valence-electron chi connectivity index (χ4n) is 1.94. The second kappa shape index (κ2) is 7.11. The number of hydrogen-bond acceptors (Lipinski definition) is 4. The zero-order valence-electron chi connectivity index (χ0n) is 12.9. The Bertz CT molecular complexity index is 502. The van der Waals surface area contributed by atoms with Crippen LogP contribution in [-0.2, 0) is 14.3 Å². The van der Waals surface area contributed by atoms with Crippen LogP contribution >= 0.6 is 0 Å². The van der Waals surface area contributed by atoms with Gasteiger partial charge in [-0.1, -0.05) is 25.1 Å². The third kappa shape index (κ3) is 5.45. The maximum atomic E-state index is 11.7. The number of para-hydroxylation sites is 1. The van der Waals surface area contributed by atoms with Gasteiger partial charge in [-0.2, -0.15) is 0 Å². The van der Waals surface area contributed by atoms with Gasteiger partial charge in [-0.05, 0) is 33.3 Å². The van der Waals surface area contributed by atoms with E-state index >= 15 is 0 Å². The van der Waals surface area contributed by atoms with Crippen LogP contribution in [0.2, 0.25) is 0 Å². The van der Waals surface area contributed by atoms with E-state index in [1.165, 1.54) is 0 Å². The van der Waals surface area contributed by atoms with E-state index in [0.717, 1.165) is 0 Å². The lowest BCUT2D eigenvalue weighted by molar-refractivity contribution is -0.157. The largest absolute Gasteiger partial charge is 0.482 e. The summed E-state index contributed by atoms with van der Waals surface area (Å²) in [6.07, 6.45) is 0.447. The summed E-state index contributed by atoms with van der Waals surface area (Å²) >= 11 is 0. The summed E-state index contributed by atoms with van der Waals surface area (Å²) in [4.78, 5) is 22.9. The van der Waals surface area contributed by atoms with Crippen LogP contribution in [0.3, 0.4) is 0 Å². The van der Waals surface area contributed by atoms with Gasteiger partial charge in [0.2, 0.25) is 0 Å². The van der Waals surface area contributed by atoms with E-state index in [2.05, 4.69) is 0 Å². The van der Waals surface area contributed by atoms with Crippen LogP contribution in [-0.4, -0.2) is 29.3 Å². The van der Waals surface area contributed by atoms with Crippen molar-refractivity contribution in [1.82, 2.24) is 0 Å². The summed E-state index contributed by atoms with van der Waals surface area (Å²) in [5, 5.41) is 9.23. The minimum Gasteiger partial charge on any atom is -0.482 e. The van der Waals surface area contributed by atoms with Crippen LogP contribution in [0.5, 0.6) is 5.75 Å². The quantitative estimate of drug-likeness (QED) is 0.816. The summed E-state index contributed by atoms with van der Waals surface area (Å²) in [5.41, 5.74) is -0.0106. The Morgan fingerprint density at radius 2 is 1.86 bits per heavy atom. The van der Waals surface area contributed by atoms with Gasteiger partial charge in [-0.3, -0.25) is 4.79 Å². The molecule has 1 rings (SSSR count). The van der Waals surface area contributed by atoms with Crippen molar-refractivity contribution in [3.8, 4) is 5.75 Å². The Balaban J connectivity index is 2.80. The second-order valence-corrected chi connectivity index (χ2v) is 5.71. The average Bonchev–Trinajstić information content (AvgIpc) is 2.36. The molecule has 5 nitrogen and oxygen atoms in total. The van der Waals surface area contributed by atoms with Crippen molar-refractivity contribution in [3.63, 3.8) is 0 Å². The third-order valence-corrected chi connectivity index (χ3v) is 2.77. The molecule has 0 saturated heterocycles. The molecule has 0 aliphatic rings. The maximum Gasteiger partial charge on any atom is 0.344 e. The number of carboxylic acid groups (broad SMARTS) is 1. The van der Waals surface area contributed by atoms with Gasteiger partial charge >= 0.3 is 11.9 Å². The molecule has 0 spiro atoms. The molecule has 0 bridgehead atoms. The average molecular weight is 294 g/mol. The molecule has 1 atom stereocenters. The van der Waals surface area contributed by atoms with Gasteiger partial charge in [-0.25, -0.2) is 4.79 Å². The lowest BCUT2D eigenvalue weighted by Gasteiger charge is -2.20. The molecular formula is C16H22O5. The molecule has 0 aliphatic carbocycles. The van der Waals surface area contributed by atoms with E-state index in [9.17, 15) is 14.7 Å². The number of hydrogen-bond donors (Lipinski definition) is 1. The van der Waals surface area contributed by atoms with Gasteiger partial charge < -0.3 is 14.6 Å². The molecule has 1 unspecified atom stereocenters. The highest BCUT2D eigenvalue weighted by atomic mass is 16.6. The zero-order chi connectivity index (χ0) is 16.0. The summed E-state index contributed by atoms with van der Waals surface area (Å²) < 4.78 is 10.6. The lowest BCUT2D eigenvalue weighted by Crippen LogP contribution is -2.27. The maximum absolute atomic E-state index is 11.7. The lowest BCUT2D eigenvalue weighted by atomic mass is 9.96. The topological polar surface area (TPSA) is 72.8 Å². The van der Waals surface area contributed by atoms with Gasteiger partial charge in [0.25, 0.3) is 0 Å². The van der Waals surface area contributed by atoms with Crippen LogP contribution < -0.4 is 4.74 Å². The molecule has 116 valence electrons. The van der Waals surface area contributed by atoms with E-state index in [1.807, 2.05) is 0 Å². The zero-order valence-corrected chi connectivity index (χ0v) is 12.9. The first-order valence-corrected chi connectivity index (χ1v) is 6.91. The van der Waals surface area contributed by atoms with Gasteiger partial charge in [-0.15, -0.1) is 0 Å². The molecule has 0 heterocycles. The van der Waals surface area contributed by atoms with Crippen LogP contribution in [0.25, 0.3) is 0 Å².